The van der Waals surface area contributed by atoms with Gasteiger partial charge in [-0.1, -0.05) is 45.0 Å². The van der Waals surface area contributed by atoms with Crippen LogP contribution < -0.4 is 4.74 Å². The van der Waals surface area contributed by atoms with Crippen LogP contribution in [0, 0.1) is 23.7 Å². The van der Waals surface area contributed by atoms with E-state index >= 15 is 0 Å². The summed E-state index contributed by atoms with van der Waals surface area (Å²) >= 11 is 0. The molecule has 1 N–H and O–H groups in total. The Morgan fingerprint density at radius 1 is 1.29 bits per heavy atom. The maximum atomic E-state index is 13.6. The number of fused-ring (bicyclic) bond motifs is 1. The van der Waals surface area contributed by atoms with Gasteiger partial charge in [-0.05, 0) is 44.4 Å². The van der Waals surface area contributed by atoms with Crippen LogP contribution >= 0.6 is 0 Å². The molecule has 1 saturated carbocycles. The van der Waals surface area contributed by atoms with E-state index in [1.54, 1.807) is 30.0 Å². The number of carbonyl (C=O) groups excluding carboxylic acids is 1. The number of nitrogens with zero attached hydrogens (tertiary/aromatic N) is 2. The number of ether oxygens (including phenoxy) is 1. The van der Waals surface area contributed by atoms with Crippen LogP contribution in [0.15, 0.2) is 23.1 Å². The Kier molecular flexibility index (Phi) is 9.62. The molecule has 8 heteroatoms. The Labute approximate surface area is 210 Å². The molecule has 1 amide bonds. The summed E-state index contributed by atoms with van der Waals surface area (Å²) in [5.74, 6) is 6.41. The first-order valence-electron chi connectivity index (χ1n) is 12.9. The van der Waals surface area contributed by atoms with Crippen LogP contribution in [0.1, 0.15) is 71.3 Å². The van der Waals surface area contributed by atoms with Crippen molar-refractivity contribution in [2.24, 2.45) is 11.8 Å². The van der Waals surface area contributed by atoms with Crippen molar-refractivity contribution in [1.29, 1.82) is 0 Å². The van der Waals surface area contributed by atoms with Gasteiger partial charge in [0.25, 0.3) is 0 Å². The van der Waals surface area contributed by atoms with E-state index in [0.29, 0.717) is 12.1 Å². The first-order chi connectivity index (χ1) is 16.7. The molecule has 7 nitrogen and oxygen atoms in total. The molecule has 194 valence electrons. The van der Waals surface area contributed by atoms with Gasteiger partial charge in [-0.15, -0.1) is 0 Å². The molecule has 1 heterocycles. The largest absolute Gasteiger partial charge is 0.487 e. The Bertz CT molecular complexity index is 1040. The molecule has 1 aliphatic carbocycles. The number of likely N-dealkylation sites (N-methyl/N-ethyl adjacent to an activating group) is 1. The second-order valence-electron chi connectivity index (χ2n) is 10.0. The summed E-state index contributed by atoms with van der Waals surface area (Å²) in [6, 6.07) is 4.34. The third-order valence-electron chi connectivity index (χ3n) is 7.06. The smallest absolute Gasteiger partial charge is 0.247 e. The van der Waals surface area contributed by atoms with Gasteiger partial charge in [0.1, 0.15) is 16.7 Å². The molecule has 35 heavy (non-hydrogen) atoms. The zero-order valence-electron chi connectivity index (χ0n) is 21.5. The summed E-state index contributed by atoms with van der Waals surface area (Å²) < 4.78 is 34.9. The van der Waals surface area contributed by atoms with Crippen LogP contribution in [0.3, 0.4) is 0 Å². The Morgan fingerprint density at radius 3 is 2.66 bits per heavy atom. The minimum Gasteiger partial charge on any atom is -0.487 e. The van der Waals surface area contributed by atoms with Crippen molar-refractivity contribution in [3.63, 3.8) is 0 Å². The summed E-state index contributed by atoms with van der Waals surface area (Å²) in [5.41, 5.74) is 0.688. The van der Waals surface area contributed by atoms with Crippen molar-refractivity contribution < 1.29 is 23.1 Å². The lowest BCUT2D eigenvalue weighted by Crippen LogP contribution is -2.50. The number of hydrogen-bond acceptors (Lipinski definition) is 5. The predicted molar refractivity (Wildman–Crippen MR) is 136 cm³/mol. The maximum absolute atomic E-state index is 13.6. The number of unbranched alkanes of at least 4 members (excludes halogenated alkanes) is 1. The number of aliphatic hydroxyl groups excluding tert-OH is 1. The molecule has 0 saturated heterocycles. The van der Waals surface area contributed by atoms with E-state index in [1.807, 2.05) is 14.0 Å². The van der Waals surface area contributed by atoms with Crippen molar-refractivity contribution in [3.05, 3.63) is 23.8 Å². The minimum atomic E-state index is -3.89. The zero-order valence-corrected chi connectivity index (χ0v) is 22.3. The number of hydrogen-bond donors (Lipinski definition) is 1. The summed E-state index contributed by atoms with van der Waals surface area (Å²) in [5, 5.41) is 9.80. The van der Waals surface area contributed by atoms with E-state index in [1.165, 1.54) is 10.7 Å². The van der Waals surface area contributed by atoms with Gasteiger partial charge in [0.2, 0.25) is 15.9 Å². The molecule has 0 radical (unpaired) electrons. The van der Waals surface area contributed by atoms with Crippen molar-refractivity contribution in [1.82, 2.24) is 9.21 Å². The lowest BCUT2D eigenvalue weighted by atomic mass is 9.88. The lowest BCUT2D eigenvalue weighted by Gasteiger charge is -2.38. The molecular formula is C27H40N2O5S. The van der Waals surface area contributed by atoms with Gasteiger partial charge in [0.05, 0.1) is 13.2 Å². The third kappa shape index (κ3) is 6.58. The minimum absolute atomic E-state index is 0.0524. The van der Waals surface area contributed by atoms with E-state index < -0.39 is 22.2 Å². The standard InChI is InChI=1S/C27H40N2O5S/c1-5-6-8-11-22-14-15-26-24(16-22)34-25(18-28(4)27(31)23-12-9-7-10-13-23)20(2)17-29(21(3)19-30)35(26,32)33/h14-16,20-21,23,25,30H,5-7,9-10,12-13,17-19H2,1-4H3/t20-,21-,25+/m0/s1. The Hall–Kier alpha value is -2.08. The van der Waals surface area contributed by atoms with Gasteiger partial charge in [-0.2, -0.15) is 4.31 Å². The third-order valence-corrected chi connectivity index (χ3v) is 9.08. The van der Waals surface area contributed by atoms with Crippen LogP contribution in [0.5, 0.6) is 5.75 Å². The highest BCUT2D eigenvalue weighted by molar-refractivity contribution is 7.89. The fourth-order valence-electron chi connectivity index (χ4n) is 4.83. The van der Waals surface area contributed by atoms with Crippen LogP contribution in [0.25, 0.3) is 0 Å². The number of aliphatic hydroxyl groups is 1. The maximum Gasteiger partial charge on any atom is 0.247 e. The van der Waals surface area contributed by atoms with Gasteiger partial charge in [0.15, 0.2) is 0 Å². The average Bonchev–Trinajstić information content (AvgIpc) is 2.85. The first kappa shape index (κ1) is 27.5. The Balaban J connectivity index is 1.96. The van der Waals surface area contributed by atoms with Gasteiger partial charge in [-0.25, -0.2) is 8.42 Å². The number of sulfonamides is 1. The highest BCUT2D eigenvalue weighted by Crippen LogP contribution is 2.34. The number of rotatable bonds is 6. The summed E-state index contributed by atoms with van der Waals surface area (Å²) in [4.78, 5) is 14.9. The summed E-state index contributed by atoms with van der Waals surface area (Å²) in [6.07, 6.45) is 6.49. The van der Waals surface area contributed by atoms with Gasteiger partial charge in [0, 0.05) is 43.5 Å². The van der Waals surface area contributed by atoms with E-state index in [2.05, 4.69) is 18.8 Å². The molecule has 2 aliphatic rings. The molecule has 3 rings (SSSR count). The number of carbonyl (C=O) groups is 1. The molecule has 1 aromatic rings. The van der Waals surface area contributed by atoms with Crippen LogP contribution in [0.2, 0.25) is 0 Å². The van der Waals surface area contributed by atoms with E-state index in [4.69, 9.17) is 4.74 Å². The molecule has 0 spiro atoms. The highest BCUT2D eigenvalue weighted by atomic mass is 32.2. The number of benzene rings is 1. The molecule has 1 aromatic carbocycles. The van der Waals surface area contributed by atoms with Gasteiger partial charge in [-0.3, -0.25) is 4.79 Å². The first-order valence-corrected chi connectivity index (χ1v) is 14.3. The molecule has 3 atom stereocenters. The fraction of sp³-hybridized carbons (Fsp3) is 0.667. The SMILES string of the molecule is CCCC#Cc1ccc2c(c1)O[C@H](CN(C)C(=O)C1CCCCC1)[C@@H](C)CN([C@@H](C)CO)S2(=O)=O. The second-order valence-corrected chi connectivity index (χ2v) is 11.9. The van der Waals surface area contributed by atoms with Gasteiger partial charge >= 0.3 is 0 Å². The van der Waals surface area contributed by atoms with Crippen molar-refractivity contribution >= 4 is 15.9 Å². The molecule has 0 aromatic heterocycles. The quantitative estimate of drug-likeness (QED) is 0.598. The summed E-state index contributed by atoms with van der Waals surface area (Å²) in [6.45, 7) is 5.96. The van der Waals surface area contributed by atoms with Crippen LogP contribution in [-0.2, 0) is 14.8 Å². The second kappa shape index (κ2) is 12.2. The molecule has 1 aliphatic heterocycles. The van der Waals surface area contributed by atoms with Crippen molar-refractivity contribution in [2.75, 3.05) is 26.7 Å². The zero-order chi connectivity index (χ0) is 25.6. The Morgan fingerprint density at radius 2 is 2.00 bits per heavy atom. The van der Waals surface area contributed by atoms with Gasteiger partial charge < -0.3 is 14.7 Å². The van der Waals surface area contributed by atoms with Crippen molar-refractivity contribution in [3.8, 4) is 17.6 Å². The lowest BCUT2D eigenvalue weighted by molar-refractivity contribution is -0.136. The fourth-order valence-corrected chi connectivity index (χ4v) is 6.66. The van der Waals surface area contributed by atoms with Crippen LogP contribution in [-0.4, -0.2) is 67.5 Å². The predicted octanol–water partition coefficient (Wildman–Crippen LogP) is 3.65. The number of amides is 1. The summed E-state index contributed by atoms with van der Waals surface area (Å²) in [7, 11) is -2.08. The molecule has 1 fully saturated rings. The topological polar surface area (TPSA) is 87.2 Å². The molecule has 0 unspecified atom stereocenters. The molecular weight excluding hydrogens is 464 g/mol. The van der Waals surface area contributed by atoms with E-state index in [-0.39, 0.29) is 41.5 Å². The molecule has 0 bridgehead atoms. The van der Waals surface area contributed by atoms with E-state index in [0.717, 1.165) is 38.5 Å². The monoisotopic (exact) mass is 504 g/mol. The van der Waals surface area contributed by atoms with Crippen LogP contribution in [0.4, 0.5) is 0 Å². The van der Waals surface area contributed by atoms with Crippen molar-refractivity contribution in [2.45, 2.75) is 82.8 Å². The highest BCUT2D eigenvalue weighted by Gasteiger charge is 2.38. The van der Waals surface area contributed by atoms with E-state index in [9.17, 15) is 18.3 Å². The normalized spacial score (nSPS) is 23.6. The average molecular weight is 505 g/mol.